The number of anilines is 1. The molecule has 2 aromatic rings. The summed E-state index contributed by atoms with van der Waals surface area (Å²) in [5, 5.41) is 12.6. The average molecular weight is 235 g/mol. The summed E-state index contributed by atoms with van der Waals surface area (Å²) in [6, 6.07) is 0.352. The largest absolute Gasteiger partial charge is 0.425 e. The minimum Gasteiger partial charge on any atom is -0.425 e. The van der Waals surface area contributed by atoms with E-state index < -0.39 is 0 Å². The molecule has 2 aromatic heterocycles. The second kappa shape index (κ2) is 3.76. The number of fused-ring (bicyclic) bond motifs is 1. The van der Waals surface area contributed by atoms with Crippen LogP contribution in [-0.4, -0.2) is 30.9 Å². The van der Waals surface area contributed by atoms with Gasteiger partial charge in [-0.15, -0.1) is 0 Å². The monoisotopic (exact) mass is 235 g/mol. The predicted octanol–water partition coefficient (Wildman–Crippen LogP) is 0.711. The first-order valence-corrected chi connectivity index (χ1v) is 5.67. The van der Waals surface area contributed by atoms with Crippen LogP contribution in [0.25, 0.3) is 11.2 Å². The van der Waals surface area contributed by atoms with Crippen molar-refractivity contribution in [3.63, 3.8) is 0 Å². The fourth-order valence-corrected chi connectivity index (χ4v) is 2.23. The first-order valence-electron chi connectivity index (χ1n) is 5.67. The maximum absolute atomic E-state index is 11.7. The Morgan fingerprint density at radius 3 is 3.00 bits per heavy atom. The number of hydrogen-bond acceptors (Lipinski definition) is 5. The molecule has 7 heteroatoms. The van der Waals surface area contributed by atoms with Gasteiger partial charge in [-0.25, -0.2) is 4.98 Å². The first-order chi connectivity index (χ1) is 8.24. The number of aromatic amines is 1. The number of hydrogen-bond donors (Lipinski definition) is 3. The highest BCUT2D eigenvalue weighted by Crippen LogP contribution is 2.20. The van der Waals surface area contributed by atoms with E-state index in [1.54, 1.807) is 0 Å². The minimum atomic E-state index is -0.344. The number of rotatable bonds is 2. The lowest BCUT2D eigenvalue weighted by Gasteiger charge is -2.11. The molecule has 0 atom stereocenters. The number of imidazole rings is 1. The van der Waals surface area contributed by atoms with E-state index in [0.717, 1.165) is 23.9 Å². The zero-order valence-electron chi connectivity index (χ0n) is 9.18. The van der Waals surface area contributed by atoms with Crippen LogP contribution in [0.5, 0.6) is 0 Å². The fraction of sp³-hybridized carbons (Fsp3) is 0.500. The molecule has 0 spiro atoms. The summed E-state index contributed by atoms with van der Waals surface area (Å²) < 4.78 is 0.754. The molecule has 0 radical (unpaired) electrons. The van der Waals surface area contributed by atoms with E-state index in [9.17, 15) is 10.0 Å². The number of aromatic nitrogens is 4. The van der Waals surface area contributed by atoms with Crippen molar-refractivity contribution in [3.05, 3.63) is 16.7 Å². The van der Waals surface area contributed by atoms with E-state index in [1.165, 1.54) is 12.8 Å². The van der Waals surface area contributed by atoms with Gasteiger partial charge in [0.15, 0.2) is 5.52 Å². The van der Waals surface area contributed by atoms with E-state index in [1.807, 2.05) is 0 Å². The molecule has 1 aliphatic rings. The Morgan fingerprint density at radius 1 is 1.47 bits per heavy atom. The summed E-state index contributed by atoms with van der Waals surface area (Å²) in [6.45, 7) is 0. The van der Waals surface area contributed by atoms with Crippen molar-refractivity contribution in [1.82, 2.24) is 19.7 Å². The van der Waals surface area contributed by atoms with Crippen LogP contribution in [-0.2, 0) is 0 Å². The van der Waals surface area contributed by atoms with Gasteiger partial charge in [-0.05, 0) is 12.8 Å². The fourth-order valence-electron chi connectivity index (χ4n) is 2.23. The standard InChI is InChI=1S/C10H13N5O2/c16-9-7-8(15(17)5-11-7)13-10(14-9)12-6-3-1-2-4-6/h5-6,17H,1-4H2,(H2,12,13,14,16). The highest BCUT2D eigenvalue weighted by molar-refractivity contribution is 5.70. The summed E-state index contributed by atoms with van der Waals surface area (Å²) >= 11 is 0. The summed E-state index contributed by atoms with van der Waals surface area (Å²) in [5.74, 6) is 0.394. The number of nitrogens with zero attached hydrogens (tertiary/aromatic N) is 3. The van der Waals surface area contributed by atoms with Crippen molar-refractivity contribution in [2.24, 2.45) is 0 Å². The summed E-state index contributed by atoms with van der Waals surface area (Å²) in [7, 11) is 0. The maximum Gasteiger partial charge on any atom is 0.280 e. The average Bonchev–Trinajstić information content (AvgIpc) is 2.90. The summed E-state index contributed by atoms with van der Waals surface area (Å²) in [5.41, 5.74) is -0.0259. The van der Waals surface area contributed by atoms with E-state index in [0.29, 0.717) is 12.0 Å². The van der Waals surface area contributed by atoms with Crippen LogP contribution >= 0.6 is 0 Å². The molecule has 3 rings (SSSR count). The SMILES string of the molecule is O=c1[nH]c(NC2CCCC2)nc2c1ncn2O. The Morgan fingerprint density at radius 2 is 2.24 bits per heavy atom. The van der Waals surface area contributed by atoms with Crippen LogP contribution < -0.4 is 10.9 Å². The van der Waals surface area contributed by atoms with Gasteiger partial charge in [-0.2, -0.15) is 9.71 Å². The van der Waals surface area contributed by atoms with Gasteiger partial charge in [0.2, 0.25) is 11.6 Å². The van der Waals surface area contributed by atoms with Crippen molar-refractivity contribution >= 4 is 17.1 Å². The van der Waals surface area contributed by atoms with Crippen molar-refractivity contribution in [1.29, 1.82) is 0 Å². The van der Waals surface area contributed by atoms with Gasteiger partial charge in [0.1, 0.15) is 6.33 Å². The maximum atomic E-state index is 11.7. The molecule has 0 saturated heterocycles. The molecule has 0 aromatic carbocycles. The molecule has 0 unspecified atom stereocenters. The zero-order chi connectivity index (χ0) is 11.8. The predicted molar refractivity (Wildman–Crippen MR) is 61.2 cm³/mol. The van der Waals surface area contributed by atoms with Crippen molar-refractivity contribution in [3.8, 4) is 0 Å². The minimum absolute atomic E-state index is 0.143. The molecular weight excluding hydrogens is 222 g/mol. The van der Waals surface area contributed by atoms with Crippen LogP contribution in [0, 0.1) is 0 Å². The van der Waals surface area contributed by atoms with E-state index in [2.05, 4.69) is 20.3 Å². The molecule has 17 heavy (non-hydrogen) atoms. The number of H-pyrrole nitrogens is 1. The Kier molecular flexibility index (Phi) is 2.24. The van der Waals surface area contributed by atoms with Crippen LogP contribution in [0.4, 0.5) is 5.95 Å². The van der Waals surface area contributed by atoms with Gasteiger partial charge in [0, 0.05) is 6.04 Å². The molecule has 90 valence electrons. The lowest BCUT2D eigenvalue weighted by Crippen LogP contribution is -2.20. The molecule has 0 aliphatic heterocycles. The third kappa shape index (κ3) is 1.73. The van der Waals surface area contributed by atoms with Gasteiger partial charge in [-0.1, -0.05) is 12.8 Å². The number of nitrogens with one attached hydrogen (secondary N) is 2. The lowest BCUT2D eigenvalue weighted by atomic mass is 10.2. The normalized spacial score (nSPS) is 16.7. The Balaban J connectivity index is 1.99. The first kappa shape index (κ1) is 10.1. The van der Waals surface area contributed by atoms with Crippen molar-refractivity contribution < 1.29 is 5.21 Å². The highest BCUT2D eigenvalue weighted by Gasteiger charge is 2.17. The molecule has 1 fully saturated rings. The van der Waals surface area contributed by atoms with Crippen molar-refractivity contribution in [2.45, 2.75) is 31.7 Å². The van der Waals surface area contributed by atoms with E-state index in [-0.39, 0.29) is 16.7 Å². The molecule has 2 heterocycles. The highest BCUT2D eigenvalue weighted by atomic mass is 16.5. The van der Waals surface area contributed by atoms with Gasteiger partial charge < -0.3 is 10.5 Å². The molecule has 1 aliphatic carbocycles. The summed E-state index contributed by atoms with van der Waals surface area (Å²) in [6.07, 6.45) is 5.72. The molecule has 7 nitrogen and oxygen atoms in total. The Labute approximate surface area is 96.5 Å². The molecule has 0 amide bonds. The smallest absolute Gasteiger partial charge is 0.280 e. The van der Waals surface area contributed by atoms with Gasteiger partial charge in [0.05, 0.1) is 0 Å². The third-order valence-electron chi connectivity index (χ3n) is 3.09. The molecular formula is C10H13N5O2. The lowest BCUT2D eigenvalue weighted by molar-refractivity contribution is 0.196. The second-order valence-electron chi connectivity index (χ2n) is 4.30. The second-order valence-corrected chi connectivity index (χ2v) is 4.30. The Hall–Kier alpha value is -2.05. The summed E-state index contributed by atoms with van der Waals surface area (Å²) in [4.78, 5) is 22.2. The third-order valence-corrected chi connectivity index (χ3v) is 3.09. The van der Waals surface area contributed by atoms with E-state index >= 15 is 0 Å². The van der Waals surface area contributed by atoms with Crippen LogP contribution in [0.15, 0.2) is 11.1 Å². The van der Waals surface area contributed by atoms with Crippen LogP contribution in [0.3, 0.4) is 0 Å². The topological polar surface area (TPSA) is 95.8 Å². The van der Waals surface area contributed by atoms with E-state index in [4.69, 9.17) is 0 Å². The van der Waals surface area contributed by atoms with Gasteiger partial charge in [0.25, 0.3) is 5.56 Å². The van der Waals surface area contributed by atoms with Gasteiger partial charge in [-0.3, -0.25) is 9.78 Å². The van der Waals surface area contributed by atoms with Crippen LogP contribution in [0.2, 0.25) is 0 Å². The molecule has 1 saturated carbocycles. The Bertz CT molecular complexity index is 596. The van der Waals surface area contributed by atoms with Crippen LogP contribution in [0.1, 0.15) is 25.7 Å². The van der Waals surface area contributed by atoms with Gasteiger partial charge >= 0.3 is 0 Å². The van der Waals surface area contributed by atoms with Crippen molar-refractivity contribution in [2.75, 3.05) is 5.32 Å². The molecule has 0 bridgehead atoms. The zero-order valence-corrected chi connectivity index (χ0v) is 9.18. The molecule has 3 N–H and O–H groups in total. The quantitative estimate of drug-likeness (QED) is 0.666.